The fourth-order valence-corrected chi connectivity index (χ4v) is 1.06. The number of rotatable bonds is 2. The molecule has 2 nitrogen and oxygen atoms in total. The lowest BCUT2D eigenvalue weighted by Gasteiger charge is -1.90. The Morgan fingerprint density at radius 1 is 1.70 bits per heavy atom. The van der Waals surface area contributed by atoms with Crippen LogP contribution in [0.2, 0.25) is 0 Å². The highest BCUT2D eigenvalue weighted by Gasteiger charge is 2.65. The number of carboxylic acid groups (broad SMARTS) is 1. The summed E-state index contributed by atoms with van der Waals surface area (Å²) in [6, 6.07) is 0. The van der Waals surface area contributed by atoms with Crippen molar-refractivity contribution in [3.8, 4) is 0 Å². The lowest BCUT2D eigenvalue weighted by molar-refractivity contribution is -0.138. The fourth-order valence-electron chi connectivity index (χ4n) is 1.06. The zero-order valence-corrected chi connectivity index (χ0v) is 5.47. The van der Waals surface area contributed by atoms with E-state index < -0.39 is 30.1 Å². The maximum absolute atomic E-state index is 12.3. The van der Waals surface area contributed by atoms with Gasteiger partial charge in [0, 0.05) is 11.8 Å². The van der Waals surface area contributed by atoms with Crippen LogP contribution in [-0.2, 0) is 4.79 Å². The number of carbonyl (C=O) groups is 1. The van der Waals surface area contributed by atoms with Gasteiger partial charge in [-0.2, -0.15) is 0 Å². The van der Waals surface area contributed by atoms with Crippen molar-refractivity contribution >= 4 is 5.97 Å². The lowest BCUT2D eigenvalue weighted by atomic mass is 10.2. The van der Waals surface area contributed by atoms with E-state index in [0.29, 0.717) is 0 Å². The molecular formula is C6H8F2O2. The highest BCUT2D eigenvalue weighted by molar-refractivity contribution is 5.68. The predicted molar refractivity (Wildman–Crippen MR) is 29.9 cm³/mol. The first-order valence-electron chi connectivity index (χ1n) is 3.06. The van der Waals surface area contributed by atoms with E-state index >= 15 is 0 Å². The minimum atomic E-state index is -2.72. The van der Waals surface area contributed by atoms with Crippen LogP contribution in [0.5, 0.6) is 0 Å². The zero-order valence-electron chi connectivity index (χ0n) is 5.47. The summed E-state index contributed by atoms with van der Waals surface area (Å²) in [4.78, 5) is 9.95. The SMILES string of the molecule is CC1C(CC(=O)O)C1(F)F. The highest BCUT2D eigenvalue weighted by Crippen LogP contribution is 2.56. The van der Waals surface area contributed by atoms with Crippen molar-refractivity contribution in [1.29, 1.82) is 0 Å². The van der Waals surface area contributed by atoms with Gasteiger partial charge in [0.25, 0.3) is 5.92 Å². The molecule has 0 bridgehead atoms. The summed E-state index contributed by atoms with van der Waals surface area (Å²) >= 11 is 0. The molecule has 1 aliphatic rings. The minimum Gasteiger partial charge on any atom is -0.481 e. The summed E-state index contributed by atoms with van der Waals surface area (Å²) in [7, 11) is 0. The van der Waals surface area contributed by atoms with Crippen LogP contribution in [0.25, 0.3) is 0 Å². The van der Waals surface area contributed by atoms with Gasteiger partial charge in [-0.15, -0.1) is 0 Å². The van der Waals surface area contributed by atoms with E-state index in [1.54, 1.807) is 0 Å². The smallest absolute Gasteiger partial charge is 0.303 e. The van der Waals surface area contributed by atoms with Gasteiger partial charge < -0.3 is 5.11 Å². The molecule has 1 saturated carbocycles. The molecule has 2 unspecified atom stereocenters. The van der Waals surface area contributed by atoms with Crippen molar-refractivity contribution in [2.75, 3.05) is 0 Å². The molecule has 0 radical (unpaired) electrons. The number of hydrogen-bond acceptors (Lipinski definition) is 1. The average Bonchev–Trinajstić information content (AvgIpc) is 2.17. The normalized spacial score (nSPS) is 35.5. The van der Waals surface area contributed by atoms with Crippen LogP contribution in [-0.4, -0.2) is 17.0 Å². The maximum atomic E-state index is 12.3. The third-order valence-corrected chi connectivity index (χ3v) is 1.99. The average molecular weight is 150 g/mol. The Bertz CT molecular complexity index is 167. The number of carboxylic acids is 1. The lowest BCUT2D eigenvalue weighted by Crippen LogP contribution is -2.01. The minimum absolute atomic E-state index is 0.409. The molecule has 10 heavy (non-hydrogen) atoms. The molecule has 1 aliphatic carbocycles. The first-order chi connectivity index (χ1) is 4.46. The molecular weight excluding hydrogens is 142 g/mol. The predicted octanol–water partition coefficient (Wildman–Crippen LogP) is 1.36. The zero-order chi connectivity index (χ0) is 7.94. The van der Waals surface area contributed by atoms with Gasteiger partial charge in [0.05, 0.1) is 6.42 Å². The Hall–Kier alpha value is -0.670. The van der Waals surface area contributed by atoms with Crippen molar-refractivity contribution in [1.82, 2.24) is 0 Å². The van der Waals surface area contributed by atoms with E-state index in [1.165, 1.54) is 6.92 Å². The molecule has 58 valence electrons. The highest BCUT2D eigenvalue weighted by atomic mass is 19.3. The van der Waals surface area contributed by atoms with Crippen molar-refractivity contribution in [2.45, 2.75) is 19.3 Å². The molecule has 0 spiro atoms. The molecule has 0 saturated heterocycles. The molecule has 0 aromatic rings. The third-order valence-electron chi connectivity index (χ3n) is 1.99. The maximum Gasteiger partial charge on any atom is 0.303 e. The van der Waals surface area contributed by atoms with Crippen LogP contribution >= 0.6 is 0 Å². The van der Waals surface area contributed by atoms with Gasteiger partial charge in [0.2, 0.25) is 0 Å². The van der Waals surface area contributed by atoms with Crippen LogP contribution in [0.4, 0.5) is 8.78 Å². The molecule has 0 amide bonds. The molecule has 1 rings (SSSR count). The van der Waals surface area contributed by atoms with Crippen molar-refractivity contribution < 1.29 is 18.7 Å². The van der Waals surface area contributed by atoms with Crippen LogP contribution in [0.1, 0.15) is 13.3 Å². The van der Waals surface area contributed by atoms with Crippen LogP contribution in [0.3, 0.4) is 0 Å². The second-order valence-electron chi connectivity index (χ2n) is 2.67. The number of hydrogen-bond donors (Lipinski definition) is 1. The second-order valence-corrected chi connectivity index (χ2v) is 2.67. The summed E-state index contributed by atoms with van der Waals surface area (Å²) in [6.45, 7) is 1.37. The number of halogens is 2. The van der Waals surface area contributed by atoms with Gasteiger partial charge in [-0.1, -0.05) is 6.92 Å². The monoisotopic (exact) mass is 150 g/mol. The van der Waals surface area contributed by atoms with E-state index in [2.05, 4.69) is 0 Å². The van der Waals surface area contributed by atoms with Crippen LogP contribution in [0.15, 0.2) is 0 Å². The fraction of sp³-hybridized carbons (Fsp3) is 0.833. The van der Waals surface area contributed by atoms with Gasteiger partial charge in [0.15, 0.2) is 0 Å². The van der Waals surface area contributed by atoms with Gasteiger partial charge in [-0.3, -0.25) is 4.79 Å². The molecule has 1 N–H and O–H groups in total. The second kappa shape index (κ2) is 1.90. The number of alkyl halides is 2. The van der Waals surface area contributed by atoms with Gasteiger partial charge in [0.1, 0.15) is 0 Å². The Balaban J connectivity index is 2.42. The topological polar surface area (TPSA) is 37.3 Å². The van der Waals surface area contributed by atoms with Gasteiger partial charge in [-0.05, 0) is 0 Å². The molecule has 1 fully saturated rings. The van der Waals surface area contributed by atoms with Gasteiger partial charge >= 0.3 is 5.97 Å². The Morgan fingerprint density at radius 2 is 2.10 bits per heavy atom. The molecule has 0 aliphatic heterocycles. The molecule has 4 heteroatoms. The third kappa shape index (κ3) is 0.978. The summed E-state index contributed by atoms with van der Waals surface area (Å²) < 4.78 is 24.6. The summed E-state index contributed by atoms with van der Waals surface area (Å²) in [5, 5.41) is 8.14. The van der Waals surface area contributed by atoms with Crippen molar-refractivity contribution in [2.24, 2.45) is 11.8 Å². The van der Waals surface area contributed by atoms with Crippen LogP contribution < -0.4 is 0 Å². The first-order valence-corrected chi connectivity index (χ1v) is 3.06. The first kappa shape index (κ1) is 7.44. The molecule has 0 aromatic carbocycles. The van der Waals surface area contributed by atoms with Crippen LogP contribution in [0, 0.1) is 11.8 Å². The van der Waals surface area contributed by atoms with E-state index in [1.807, 2.05) is 0 Å². The summed E-state index contributed by atoms with van der Waals surface area (Å²) in [6.07, 6.45) is -0.409. The Labute approximate surface area is 56.8 Å². The molecule has 0 heterocycles. The molecule has 0 aromatic heterocycles. The summed E-state index contributed by atoms with van der Waals surface area (Å²) in [5.41, 5.74) is 0. The van der Waals surface area contributed by atoms with Crippen molar-refractivity contribution in [3.05, 3.63) is 0 Å². The quantitative estimate of drug-likeness (QED) is 0.645. The Kier molecular flexibility index (Phi) is 1.42. The van der Waals surface area contributed by atoms with E-state index in [0.717, 1.165) is 0 Å². The standard InChI is InChI=1S/C6H8F2O2/c1-3-4(2-5(9)10)6(3,7)8/h3-4H,2H2,1H3,(H,9,10). The van der Waals surface area contributed by atoms with E-state index in [-0.39, 0.29) is 0 Å². The largest absolute Gasteiger partial charge is 0.481 e. The van der Waals surface area contributed by atoms with Crippen molar-refractivity contribution in [3.63, 3.8) is 0 Å². The van der Waals surface area contributed by atoms with E-state index in [9.17, 15) is 13.6 Å². The van der Waals surface area contributed by atoms with E-state index in [4.69, 9.17) is 5.11 Å². The number of aliphatic carboxylic acids is 1. The molecule has 2 atom stereocenters. The summed E-state index contributed by atoms with van der Waals surface area (Å²) in [5.74, 6) is -5.54. The Morgan fingerprint density at radius 3 is 2.20 bits per heavy atom. The van der Waals surface area contributed by atoms with Gasteiger partial charge in [-0.25, -0.2) is 8.78 Å².